The van der Waals surface area contributed by atoms with E-state index >= 15 is 0 Å². The maximum Gasteiger partial charge on any atom is 0.328 e. The van der Waals surface area contributed by atoms with Crippen LogP contribution in [0.25, 0.3) is 6.08 Å². The van der Waals surface area contributed by atoms with Crippen LogP contribution >= 0.6 is 0 Å². The summed E-state index contributed by atoms with van der Waals surface area (Å²) in [5.74, 6) is 0.617. The van der Waals surface area contributed by atoms with E-state index in [1.165, 1.54) is 31.4 Å². The fraction of sp³-hybridized carbons (Fsp3) is 0.353. The number of hydrogen-bond donors (Lipinski definition) is 1. The van der Waals surface area contributed by atoms with Gasteiger partial charge in [-0.15, -0.1) is 0 Å². The van der Waals surface area contributed by atoms with Gasteiger partial charge in [0.05, 0.1) is 0 Å². The Hall–Kier alpha value is -1.90. The summed E-state index contributed by atoms with van der Waals surface area (Å²) in [6, 6.07) is 4.55. The van der Waals surface area contributed by atoms with Gasteiger partial charge in [-0.25, -0.2) is 9.18 Å². The minimum absolute atomic E-state index is 0.326. The van der Waals surface area contributed by atoms with Crippen LogP contribution in [0.1, 0.15) is 30.4 Å². The van der Waals surface area contributed by atoms with Crippen LogP contribution in [0.15, 0.2) is 36.4 Å². The summed E-state index contributed by atoms with van der Waals surface area (Å²) >= 11 is 0. The van der Waals surface area contributed by atoms with E-state index in [0.717, 1.165) is 17.9 Å². The number of carboxylic acid groups (broad SMARTS) is 1. The summed E-state index contributed by atoms with van der Waals surface area (Å²) in [4.78, 5) is 10.2. The highest BCUT2D eigenvalue weighted by molar-refractivity contribution is 5.85. The normalized spacial score (nSPS) is 22.9. The molecule has 3 rings (SSSR count). The zero-order valence-electron chi connectivity index (χ0n) is 11.6. The summed E-state index contributed by atoms with van der Waals surface area (Å²) in [7, 11) is 0. The molecule has 20 heavy (non-hydrogen) atoms. The molecule has 0 spiro atoms. The van der Waals surface area contributed by atoms with Crippen molar-refractivity contribution < 1.29 is 14.3 Å². The number of carboxylic acids is 1. The van der Waals surface area contributed by atoms with Crippen LogP contribution in [0, 0.1) is 24.6 Å². The van der Waals surface area contributed by atoms with E-state index in [-0.39, 0.29) is 5.82 Å². The Bertz CT molecular complexity index is 534. The smallest absolute Gasteiger partial charge is 0.328 e. The fourth-order valence-corrected chi connectivity index (χ4v) is 2.68. The highest BCUT2D eigenvalue weighted by Gasteiger charge is 2.25. The summed E-state index contributed by atoms with van der Waals surface area (Å²) in [6.45, 7) is 1.61. The lowest BCUT2D eigenvalue weighted by atomic mass is 10.1. The molecule has 106 valence electrons. The Labute approximate surface area is 118 Å². The third kappa shape index (κ3) is 3.80. The molecule has 0 aromatic heterocycles. The summed E-state index contributed by atoms with van der Waals surface area (Å²) in [5.41, 5.74) is 1.04. The van der Waals surface area contributed by atoms with Crippen molar-refractivity contribution in [2.75, 3.05) is 0 Å². The molecule has 0 amide bonds. The fourth-order valence-electron chi connectivity index (χ4n) is 2.68. The number of fused-ring (bicyclic) bond motifs is 2. The number of rotatable bonds is 2. The second-order valence-electron chi connectivity index (χ2n) is 5.34. The molecule has 2 aliphatic carbocycles. The molecule has 1 saturated carbocycles. The molecule has 0 radical (unpaired) electrons. The predicted octanol–water partition coefficient (Wildman–Crippen LogP) is 4.20. The van der Waals surface area contributed by atoms with Crippen molar-refractivity contribution in [3.05, 3.63) is 53.4 Å². The molecule has 0 heterocycles. The second kappa shape index (κ2) is 6.51. The van der Waals surface area contributed by atoms with Crippen molar-refractivity contribution in [1.82, 2.24) is 0 Å². The highest BCUT2D eigenvalue weighted by Crippen LogP contribution is 2.38. The number of hydrogen-bond acceptors (Lipinski definition) is 1. The third-order valence-electron chi connectivity index (χ3n) is 3.88. The van der Waals surface area contributed by atoms with Crippen molar-refractivity contribution >= 4 is 12.0 Å². The molecule has 1 aromatic rings. The topological polar surface area (TPSA) is 37.3 Å². The molecule has 2 nitrogen and oxygen atoms in total. The van der Waals surface area contributed by atoms with Crippen LogP contribution in [0.4, 0.5) is 4.39 Å². The number of allylic oxidation sites excluding steroid dienone is 2. The molecule has 2 bridgehead atoms. The van der Waals surface area contributed by atoms with Crippen molar-refractivity contribution in [3.8, 4) is 0 Å². The first kappa shape index (κ1) is 14.5. The van der Waals surface area contributed by atoms with Gasteiger partial charge in [-0.2, -0.15) is 0 Å². The Morgan fingerprint density at radius 1 is 1.30 bits per heavy atom. The molecular weight excluding hydrogens is 255 g/mol. The molecule has 1 N–H and O–H groups in total. The molecule has 0 saturated heterocycles. The monoisotopic (exact) mass is 274 g/mol. The standard InChI is InChI=1S/C10H9FO2.C7H10/c1-7-8(5-6-10(12)13)3-2-4-9(7)11;1-2-7-4-3-6(1)5-7/h2-6H,1H3,(H,12,13);1-2,6-7H,3-5H2. The van der Waals surface area contributed by atoms with Crippen molar-refractivity contribution in [1.29, 1.82) is 0 Å². The van der Waals surface area contributed by atoms with E-state index in [4.69, 9.17) is 5.11 Å². The van der Waals surface area contributed by atoms with Gasteiger partial charge < -0.3 is 5.11 Å². The van der Waals surface area contributed by atoms with Crippen molar-refractivity contribution in [3.63, 3.8) is 0 Å². The Balaban J connectivity index is 0.000000173. The highest BCUT2D eigenvalue weighted by atomic mass is 19.1. The second-order valence-corrected chi connectivity index (χ2v) is 5.34. The van der Waals surface area contributed by atoms with E-state index in [0.29, 0.717) is 11.1 Å². The lowest BCUT2D eigenvalue weighted by Gasteiger charge is -1.99. The predicted molar refractivity (Wildman–Crippen MR) is 77.8 cm³/mol. The Morgan fingerprint density at radius 3 is 2.40 bits per heavy atom. The van der Waals surface area contributed by atoms with Gasteiger partial charge in [0, 0.05) is 6.08 Å². The summed E-state index contributed by atoms with van der Waals surface area (Å²) < 4.78 is 12.9. The maximum atomic E-state index is 12.9. The SMILES string of the molecule is C1=CC2CCC1C2.Cc1c(F)cccc1C=CC(=O)O. The first-order chi connectivity index (χ1) is 9.56. The molecule has 2 atom stereocenters. The number of benzene rings is 1. The molecule has 1 aromatic carbocycles. The zero-order valence-corrected chi connectivity index (χ0v) is 11.6. The molecular formula is C17H19FO2. The van der Waals surface area contributed by atoms with Gasteiger partial charge in [-0.3, -0.25) is 0 Å². The molecule has 2 aliphatic rings. The van der Waals surface area contributed by atoms with Crippen molar-refractivity contribution in [2.45, 2.75) is 26.2 Å². The van der Waals surface area contributed by atoms with Crippen LogP contribution in [0.3, 0.4) is 0 Å². The first-order valence-electron chi connectivity index (χ1n) is 6.90. The lowest BCUT2D eigenvalue weighted by molar-refractivity contribution is -0.131. The summed E-state index contributed by atoms with van der Waals surface area (Å²) in [6.07, 6.45) is 11.5. The lowest BCUT2D eigenvalue weighted by Crippen LogP contribution is -1.89. The molecule has 1 fully saturated rings. The molecule has 0 aliphatic heterocycles. The van der Waals surface area contributed by atoms with E-state index in [9.17, 15) is 9.18 Å². The van der Waals surface area contributed by atoms with Crippen LogP contribution in [0.5, 0.6) is 0 Å². The molecule has 2 unspecified atom stereocenters. The van der Waals surface area contributed by atoms with Gasteiger partial charge in [0.15, 0.2) is 0 Å². The average Bonchev–Trinajstić information content (AvgIpc) is 3.06. The number of halogens is 1. The Morgan fingerprint density at radius 2 is 1.95 bits per heavy atom. The van der Waals surface area contributed by atoms with E-state index in [2.05, 4.69) is 12.2 Å². The quantitative estimate of drug-likeness (QED) is 0.648. The molecule has 3 heteroatoms. The van der Waals surface area contributed by atoms with Crippen LogP contribution < -0.4 is 0 Å². The van der Waals surface area contributed by atoms with E-state index in [1.54, 1.807) is 19.1 Å². The van der Waals surface area contributed by atoms with Gasteiger partial charge in [0.2, 0.25) is 0 Å². The third-order valence-corrected chi connectivity index (χ3v) is 3.88. The maximum absolute atomic E-state index is 12.9. The number of aliphatic carboxylic acids is 1. The van der Waals surface area contributed by atoms with E-state index in [1.807, 2.05) is 0 Å². The van der Waals surface area contributed by atoms with Gasteiger partial charge in [-0.1, -0.05) is 24.3 Å². The van der Waals surface area contributed by atoms with Gasteiger partial charge in [0.1, 0.15) is 5.82 Å². The van der Waals surface area contributed by atoms with Gasteiger partial charge >= 0.3 is 5.97 Å². The van der Waals surface area contributed by atoms with Crippen LogP contribution in [0.2, 0.25) is 0 Å². The van der Waals surface area contributed by atoms with Crippen molar-refractivity contribution in [2.24, 2.45) is 11.8 Å². The van der Waals surface area contributed by atoms with Crippen LogP contribution in [-0.4, -0.2) is 11.1 Å². The minimum atomic E-state index is -1.04. The van der Waals surface area contributed by atoms with Gasteiger partial charge in [-0.05, 0) is 61.3 Å². The minimum Gasteiger partial charge on any atom is -0.478 e. The number of carbonyl (C=O) groups is 1. The van der Waals surface area contributed by atoms with E-state index < -0.39 is 5.97 Å². The zero-order chi connectivity index (χ0) is 14.5. The Kier molecular flexibility index (Phi) is 4.72. The average molecular weight is 274 g/mol. The van der Waals surface area contributed by atoms with Gasteiger partial charge in [0.25, 0.3) is 0 Å². The largest absolute Gasteiger partial charge is 0.478 e. The summed E-state index contributed by atoms with van der Waals surface area (Å²) in [5, 5.41) is 8.35. The first-order valence-corrected chi connectivity index (χ1v) is 6.90. The van der Waals surface area contributed by atoms with Crippen LogP contribution in [-0.2, 0) is 4.79 Å².